The number of guanidine groups is 1. The van der Waals surface area contributed by atoms with E-state index in [1.165, 1.54) is 31.2 Å². The molecule has 0 saturated carbocycles. The number of nitrogens with two attached hydrogens (primary N) is 5. The zero-order valence-electron chi connectivity index (χ0n) is 55.5. The van der Waals surface area contributed by atoms with Crippen molar-refractivity contribution in [2.45, 2.75) is 189 Å². The lowest BCUT2D eigenvalue weighted by Crippen LogP contribution is -2.64. The number of hydrogen-bond donors (Lipinski definition) is 18. The van der Waals surface area contributed by atoms with Gasteiger partial charge in [0.1, 0.15) is 78.4 Å². The molecule has 23 N–H and O–H groups in total. The molecular weight excluding hydrogens is 1350 g/mol. The largest absolute Gasteiger partial charge is 0.508 e. The number of likely N-dealkylation sites (tertiary alicyclic amines) is 1. The monoisotopic (exact) mass is 1440 g/mol. The maximum atomic E-state index is 15.0. The standard InChI is InChI=1S/C63H94N16O19S2/c1-34(81)71-51-53(88)52(87)46(31-80)98-62(51)97-26-10-5-3-2-4-9-17-50(86)72-43-32-99-100-33-44(61(96)79-25-12-16-45(79)60(95)74-38(15-11-24-69-63(67)68)54(89)70-30-49(66)85)78-58(93)42(29-48(65)84)77-55(90)39(22-23-47(64)83)73-56(91)40(27-35-13-7-6-8-14-35)75-57(92)41(76-59(43)94)28-36-18-20-37(82)21-19-36/h6-8,13-14,18-21,38-46,51-53,62,80,82,87-88H,2-5,9-12,15-17,22-33H2,1H3,(H2,64,83)(H2,65,84)(H2,66,85)(H,70,89)(H,71,81)(H,72,86)(H,73,91)(H,74,95)(H,75,92)(H,76,94)(H,77,90)(H,78,93)(H4,67,68,69)/t38-,39-,40-,41-,42-,43-,44-,45-,46+,51+,52-,53+,62+/m0/s1. The number of ether oxygens (including phenoxy) is 2. The maximum Gasteiger partial charge on any atom is 0.246 e. The number of unbranched alkanes of at least 4 members (excludes halogenated alkanes) is 5. The predicted molar refractivity (Wildman–Crippen MR) is 363 cm³/mol. The minimum absolute atomic E-state index is 0.0439. The Morgan fingerprint density at radius 1 is 0.690 bits per heavy atom. The van der Waals surface area contributed by atoms with Crippen LogP contribution >= 0.6 is 21.6 Å². The summed E-state index contributed by atoms with van der Waals surface area (Å²) in [6, 6.07) is 0.656. The molecule has 3 fully saturated rings. The predicted octanol–water partition coefficient (Wildman–Crippen LogP) is -5.56. The fourth-order valence-corrected chi connectivity index (χ4v) is 13.4. The highest BCUT2D eigenvalue weighted by Gasteiger charge is 2.46. The van der Waals surface area contributed by atoms with Crippen LogP contribution in [-0.2, 0) is 84.6 Å². The Labute approximate surface area is 585 Å². The van der Waals surface area contributed by atoms with Crippen LogP contribution in [-0.4, -0.2) is 231 Å². The van der Waals surface area contributed by atoms with E-state index >= 15 is 4.79 Å². The smallest absolute Gasteiger partial charge is 0.246 e. The van der Waals surface area contributed by atoms with Gasteiger partial charge in [0.25, 0.3) is 0 Å². The summed E-state index contributed by atoms with van der Waals surface area (Å²) in [4.78, 5) is 183. The highest BCUT2D eigenvalue weighted by atomic mass is 33.1. The van der Waals surface area contributed by atoms with E-state index < -0.39 is 188 Å². The number of hydrogen-bond acceptors (Lipinski definition) is 22. The molecule has 13 amide bonds. The fourth-order valence-electron chi connectivity index (χ4n) is 11.1. The van der Waals surface area contributed by atoms with Gasteiger partial charge in [0.05, 0.1) is 19.6 Å². The summed E-state index contributed by atoms with van der Waals surface area (Å²) < 4.78 is 11.4. The average Bonchev–Trinajstić information content (AvgIpc) is 0.827. The third kappa shape index (κ3) is 28.0. The number of nitrogens with one attached hydrogen (secondary N) is 9. The highest BCUT2D eigenvalue weighted by Crippen LogP contribution is 2.27. The minimum atomic E-state index is -1.88. The zero-order chi connectivity index (χ0) is 73.4. The third-order valence-corrected chi connectivity index (χ3v) is 18.7. The molecule has 100 heavy (non-hydrogen) atoms. The number of amides is 13. The van der Waals surface area contributed by atoms with Gasteiger partial charge < -0.3 is 111 Å². The average molecular weight is 1440 g/mol. The molecule has 37 heteroatoms. The second kappa shape index (κ2) is 42.3. The lowest BCUT2D eigenvalue weighted by atomic mass is 9.97. The van der Waals surface area contributed by atoms with Gasteiger partial charge in [0, 0.05) is 63.8 Å². The number of phenols is 1. The van der Waals surface area contributed by atoms with E-state index in [-0.39, 0.29) is 87.9 Å². The number of phenolic OH excluding ortho intramolecular Hbond substituents is 1. The third-order valence-electron chi connectivity index (χ3n) is 16.3. The number of benzene rings is 2. The number of aromatic hydroxyl groups is 1. The number of nitrogens with zero attached hydrogens (tertiary/aromatic N) is 2. The van der Waals surface area contributed by atoms with Crippen molar-refractivity contribution < 1.29 is 92.2 Å². The van der Waals surface area contributed by atoms with Crippen LogP contribution in [0.5, 0.6) is 5.75 Å². The second-order valence-electron chi connectivity index (χ2n) is 24.3. The first-order valence-electron chi connectivity index (χ1n) is 32.8. The number of rotatable bonds is 32. The lowest BCUT2D eigenvalue weighted by molar-refractivity contribution is -0.270. The molecule has 0 aromatic heterocycles. The van der Waals surface area contributed by atoms with E-state index in [0.717, 1.165) is 26.5 Å². The topological polar surface area (TPSA) is 575 Å². The Balaban J connectivity index is 1.45. The van der Waals surface area contributed by atoms with E-state index in [1.54, 1.807) is 30.3 Å². The Bertz CT molecular complexity index is 3160. The molecule has 0 radical (unpaired) electrons. The molecule has 3 aliphatic heterocycles. The molecule has 552 valence electrons. The van der Waals surface area contributed by atoms with Gasteiger partial charge in [-0.05, 0) is 68.2 Å². The van der Waals surface area contributed by atoms with Crippen LogP contribution in [0.3, 0.4) is 0 Å². The number of carbonyl (C=O) groups excluding carboxylic acids is 13. The molecule has 2 aromatic rings. The molecule has 13 atom stereocenters. The molecule has 3 aliphatic rings. The van der Waals surface area contributed by atoms with E-state index in [1.807, 2.05) is 0 Å². The molecule has 0 bridgehead atoms. The lowest BCUT2D eigenvalue weighted by Gasteiger charge is -2.42. The first kappa shape index (κ1) is 81.8. The molecule has 0 aliphatic carbocycles. The van der Waals surface area contributed by atoms with Gasteiger partial charge in [0.2, 0.25) is 76.8 Å². The van der Waals surface area contributed by atoms with Crippen LogP contribution in [0.25, 0.3) is 0 Å². The van der Waals surface area contributed by atoms with Crippen LogP contribution in [0, 0.1) is 0 Å². The van der Waals surface area contributed by atoms with Gasteiger partial charge in [-0.3, -0.25) is 67.3 Å². The van der Waals surface area contributed by atoms with Crippen LogP contribution in [0.2, 0.25) is 0 Å². The van der Waals surface area contributed by atoms with Gasteiger partial charge in [-0.25, -0.2) is 0 Å². The molecule has 2 aromatic carbocycles. The summed E-state index contributed by atoms with van der Waals surface area (Å²) in [5, 5.41) is 63.9. The van der Waals surface area contributed by atoms with Crippen LogP contribution in [0.15, 0.2) is 59.6 Å². The molecule has 3 heterocycles. The summed E-state index contributed by atoms with van der Waals surface area (Å²) >= 11 is 0. The number of aliphatic hydroxyl groups excluding tert-OH is 3. The first-order chi connectivity index (χ1) is 47.6. The quantitative estimate of drug-likeness (QED) is 0.0141. The van der Waals surface area contributed by atoms with Gasteiger partial charge in [-0.1, -0.05) is 89.7 Å². The summed E-state index contributed by atoms with van der Waals surface area (Å²) in [5.74, 6) is -12.5. The van der Waals surface area contributed by atoms with Crippen molar-refractivity contribution in [2.75, 3.05) is 44.4 Å². The van der Waals surface area contributed by atoms with Crippen molar-refractivity contribution in [3.63, 3.8) is 0 Å². The van der Waals surface area contributed by atoms with Crippen molar-refractivity contribution in [3.8, 4) is 5.75 Å². The zero-order valence-corrected chi connectivity index (χ0v) is 57.1. The summed E-state index contributed by atoms with van der Waals surface area (Å²) in [5.41, 5.74) is 28.3. The van der Waals surface area contributed by atoms with E-state index in [4.69, 9.17) is 38.1 Å². The van der Waals surface area contributed by atoms with E-state index in [9.17, 15) is 78.0 Å². The summed E-state index contributed by atoms with van der Waals surface area (Å²) in [7, 11) is 1.87. The number of aliphatic hydroxyl groups is 3. The summed E-state index contributed by atoms with van der Waals surface area (Å²) in [6.45, 7) is 0.179. The Morgan fingerprint density at radius 2 is 1.29 bits per heavy atom. The summed E-state index contributed by atoms with van der Waals surface area (Å²) in [6.07, 6.45) is -3.80. The van der Waals surface area contributed by atoms with Gasteiger partial charge in [-0.15, -0.1) is 0 Å². The Hall–Kier alpha value is -8.88. The SMILES string of the molecule is CC(=O)N[C@H]1[C@H](OCCCCCCCCC(=O)N[C@H]2CSSC[C@@H](C(=O)N3CCC[C@H]3C(=O)N[C@@H](CCCN=C(N)N)C(=O)NCC(N)=O)NC(=O)[C@H](CC(N)=O)NC(=O)[C@H](CCC(N)=O)NC(=O)[C@H](Cc3ccccc3)NC(=O)[C@H](Cc3ccc(O)cc3)NC2=O)O[C@H](CO)[C@H](O)[C@@H]1O. The molecule has 35 nitrogen and oxygen atoms in total. The van der Waals surface area contributed by atoms with Crippen LogP contribution in [0.4, 0.5) is 0 Å². The number of primary amides is 3. The van der Waals surface area contributed by atoms with Crippen molar-refractivity contribution in [1.82, 2.24) is 52.8 Å². The van der Waals surface area contributed by atoms with Crippen LogP contribution in [0.1, 0.15) is 108 Å². The van der Waals surface area contributed by atoms with E-state index in [0.29, 0.717) is 49.7 Å². The maximum absolute atomic E-state index is 15.0. The molecule has 5 rings (SSSR count). The normalized spacial score (nSPS) is 24.4. The molecule has 3 saturated heterocycles. The van der Waals surface area contributed by atoms with Crippen molar-refractivity contribution in [2.24, 2.45) is 33.7 Å². The van der Waals surface area contributed by atoms with Crippen molar-refractivity contribution in [1.29, 1.82) is 0 Å². The fraction of sp³-hybridized carbons (Fsp3) is 0.587. The van der Waals surface area contributed by atoms with Gasteiger partial charge in [-0.2, -0.15) is 0 Å². The van der Waals surface area contributed by atoms with Gasteiger partial charge >= 0.3 is 0 Å². The van der Waals surface area contributed by atoms with Crippen molar-refractivity contribution in [3.05, 3.63) is 65.7 Å². The minimum Gasteiger partial charge on any atom is -0.508 e. The highest BCUT2D eigenvalue weighted by molar-refractivity contribution is 8.76. The molecule has 0 unspecified atom stereocenters. The second-order valence-corrected chi connectivity index (χ2v) is 26.8. The number of carbonyl (C=O) groups is 13. The molecular formula is C63H94N16O19S2. The van der Waals surface area contributed by atoms with Crippen molar-refractivity contribution >= 4 is 104 Å². The Kier molecular flexibility index (Phi) is 34.6. The Morgan fingerprint density at radius 3 is 1.92 bits per heavy atom. The first-order valence-corrected chi connectivity index (χ1v) is 35.3. The van der Waals surface area contributed by atoms with Crippen LogP contribution < -0.4 is 76.5 Å². The van der Waals surface area contributed by atoms with E-state index in [2.05, 4.69) is 52.8 Å². The number of aliphatic imine (C=N–C) groups is 1. The molecule has 0 spiro atoms. The van der Waals surface area contributed by atoms with Gasteiger partial charge in [0.15, 0.2) is 12.2 Å².